The van der Waals surface area contributed by atoms with Crippen molar-refractivity contribution < 1.29 is 4.74 Å². The van der Waals surface area contributed by atoms with Gasteiger partial charge in [-0.05, 0) is 48.6 Å². The van der Waals surface area contributed by atoms with E-state index in [9.17, 15) is 4.79 Å². The van der Waals surface area contributed by atoms with Crippen molar-refractivity contribution in [2.45, 2.75) is 25.3 Å². The molecule has 7 nitrogen and oxygen atoms in total. The molecule has 0 radical (unpaired) electrons. The number of pyridine rings is 1. The third kappa shape index (κ3) is 3.38. The minimum atomic E-state index is -0.136. The molecular weight excluding hydrogens is 413 g/mol. The lowest BCUT2D eigenvalue weighted by Gasteiger charge is -2.19. The summed E-state index contributed by atoms with van der Waals surface area (Å²) in [5, 5.41) is 8.16. The summed E-state index contributed by atoms with van der Waals surface area (Å²) in [4.78, 5) is 20.9. The van der Waals surface area contributed by atoms with Gasteiger partial charge in [-0.25, -0.2) is 4.98 Å². The highest BCUT2D eigenvalue weighted by atomic mass is 35.5. The largest absolute Gasteiger partial charge is 0.486 e. The molecule has 150 valence electrons. The van der Waals surface area contributed by atoms with Crippen LogP contribution >= 0.6 is 23.2 Å². The maximum atomic E-state index is 12.9. The van der Waals surface area contributed by atoms with E-state index in [0.29, 0.717) is 35.2 Å². The Morgan fingerprint density at radius 1 is 1.28 bits per heavy atom. The van der Waals surface area contributed by atoms with E-state index in [0.717, 1.165) is 28.7 Å². The van der Waals surface area contributed by atoms with Gasteiger partial charge in [0.25, 0.3) is 5.56 Å². The van der Waals surface area contributed by atoms with Crippen LogP contribution in [0.5, 0.6) is 5.75 Å². The van der Waals surface area contributed by atoms with Gasteiger partial charge in [-0.15, -0.1) is 0 Å². The first kappa shape index (κ1) is 18.5. The highest BCUT2D eigenvalue weighted by molar-refractivity contribution is 6.33. The fraction of sp³-hybridized carbons (Fsp3) is 0.350. The van der Waals surface area contributed by atoms with Gasteiger partial charge in [-0.1, -0.05) is 11.6 Å². The predicted molar refractivity (Wildman–Crippen MR) is 115 cm³/mol. The van der Waals surface area contributed by atoms with Crippen molar-refractivity contribution in [1.82, 2.24) is 14.5 Å². The molecule has 2 N–H and O–H groups in total. The average molecular weight is 432 g/mol. The number of halogens is 2. The van der Waals surface area contributed by atoms with Crippen molar-refractivity contribution in [3.05, 3.63) is 45.1 Å². The van der Waals surface area contributed by atoms with E-state index in [4.69, 9.17) is 27.9 Å². The number of benzene rings is 1. The third-order valence-corrected chi connectivity index (χ3v) is 5.99. The van der Waals surface area contributed by atoms with E-state index in [1.807, 2.05) is 18.2 Å². The molecule has 1 saturated carbocycles. The summed E-state index contributed by atoms with van der Waals surface area (Å²) >= 11 is 12.1. The molecule has 2 aliphatic rings. The molecule has 1 aliphatic heterocycles. The molecular formula is C20H19Cl2N5O2. The zero-order valence-corrected chi connectivity index (χ0v) is 17.2. The smallest absolute Gasteiger partial charge is 0.295 e. The van der Waals surface area contributed by atoms with Crippen molar-refractivity contribution >= 4 is 51.3 Å². The van der Waals surface area contributed by atoms with Gasteiger partial charge in [0.15, 0.2) is 5.82 Å². The molecule has 0 unspecified atom stereocenters. The Labute approximate surface area is 177 Å². The first-order chi connectivity index (χ1) is 14.0. The number of aromatic nitrogens is 3. The zero-order valence-electron chi connectivity index (χ0n) is 15.7. The monoisotopic (exact) mass is 431 g/mol. The van der Waals surface area contributed by atoms with Crippen LogP contribution in [0.25, 0.3) is 10.9 Å². The predicted octanol–water partition coefficient (Wildman–Crippen LogP) is 4.35. The highest BCUT2D eigenvalue weighted by Gasteiger charge is 2.34. The van der Waals surface area contributed by atoms with Gasteiger partial charge in [0.2, 0.25) is 11.0 Å². The molecule has 2 aromatic heterocycles. The van der Waals surface area contributed by atoms with Crippen LogP contribution in [0.3, 0.4) is 0 Å². The number of nitrogens with one attached hydrogen (secondary N) is 2. The second kappa shape index (κ2) is 7.07. The van der Waals surface area contributed by atoms with Crippen molar-refractivity contribution in [1.29, 1.82) is 0 Å². The summed E-state index contributed by atoms with van der Waals surface area (Å²) in [5.41, 5.74) is 2.21. The Kier molecular flexibility index (Phi) is 4.52. The molecule has 1 aliphatic carbocycles. The summed E-state index contributed by atoms with van der Waals surface area (Å²) < 4.78 is 7.51. The Hall–Kier alpha value is -2.51. The summed E-state index contributed by atoms with van der Waals surface area (Å²) in [6.07, 6.45) is 4.77. The van der Waals surface area contributed by atoms with Crippen LogP contribution in [0.1, 0.15) is 19.3 Å². The lowest BCUT2D eigenvalue weighted by molar-refractivity contribution is 0.303. The second-order valence-corrected chi connectivity index (χ2v) is 8.23. The second-order valence-electron chi connectivity index (χ2n) is 7.49. The van der Waals surface area contributed by atoms with Crippen LogP contribution < -0.4 is 20.9 Å². The molecule has 9 heteroatoms. The van der Waals surface area contributed by atoms with Crippen molar-refractivity contribution in [3.8, 4) is 5.75 Å². The molecule has 1 fully saturated rings. The van der Waals surface area contributed by atoms with Crippen molar-refractivity contribution in [2.24, 2.45) is 13.0 Å². The molecule has 29 heavy (non-hydrogen) atoms. The lowest BCUT2D eigenvalue weighted by Crippen LogP contribution is -2.23. The van der Waals surface area contributed by atoms with Crippen LogP contribution in [0.4, 0.5) is 17.2 Å². The van der Waals surface area contributed by atoms with E-state index >= 15 is 0 Å². The summed E-state index contributed by atoms with van der Waals surface area (Å²) in [7, 11) is 1.76. The number of rotatable bonds is 3. The number of anilines is 3. The number of nitrogens with zero attached hydrogens (tertiary/aromatic N) is 3. The van der Waals surface area contributed by atoms with Crippen molar-refractivity contribution in [2.75, 3.05) is 17.2 Å². The van der Waals surface area contributed by atoms with Crippen LogP contribution in [0, 0.1) is 5.92 Å². The van der Waals surface area contributed by atoms with Gasteiger partial charge in [-0.2, -0.15) is 4.98 Å². The number of ether oxygens (including phenoxy) is 1. The molecule has 5 rings (SSSR count). The molecule has 1 atom stereocenters. The molecule has 0 bridgehead atoms. The van der Waals surface area contributed by atoms with Gasteiger partial charge in [0, 0.05) is 30.6 Å². The maximum absolute atomic E-state index is 12.9. The summed E-state index contributed by atoms with van der Waals surface area (Å²) in [6, 6.07) is 6.05. The Bertz CT molecular complexity index is 1180. The normalized spacial score (nSPS) is 18.5. The van der Waals surface area contributed by atoms with E-state index < -0.39 is 0 Å². The molecule has 0 amide bonds. The lowest BCUT2D eigenvalue weighted by atomic mass is 10.1. The Balaban J connectivity index is 1.63. The zero-order chi connectivity index (χ0) is 20.1. The van der Waals surface area contributed by atoms with Gasteiger partial charge < -0.3 is 19.9 Å². The molecule has 1 aromatic carbocycles. The van der Waals surface area contributed by atoms with Crippen LogP contribution in [0.2, 0.25) is 10.3 Å². The minimum Gasteiger partial charge on any atom is -0.486 e. The number of hydrogen-bond acceptors (Lipinski definition) is 6. The third-order valence-electron chi connectivity index (χ3n) is 5.53. The van der Waals surface area contributed by atoms with Crippen LogP contribution in [-0.2, 0) is 7.05 Å². The van der Waals surface area contributed by atoms with Crippen LogP contribution in [0.15, 0.2) is 29.2 Å². The number of aryl methyl sites for hydroxylation is 1. The van der Waals surface area contributed by atoms with Gasteiger partial charge >= 0.3 is 0 Å². The van der Waals surface area contributed by atoms with Crippen molar-refractivity contribution in [3.63, 3.8) is 0 Å². The van der Waals surface area contributed by atoms with E-state index in [2.05, 4.69) is 20.6 Å². The van der Waals surface area contributed by atoms with E-state index in [1.54, 1.807) is 11.6 Å². The van der Waals surface area contributed by atoms with Gasteiger partial charge in [0.1, 0.15) is 5.02 Å². The fourth-order valence-electron chi connectivity index (χ4n) is 3.84. The van der Waals surface area contributed by atoms with Crippen LogP contribution in [-0.4, -0.2) is 27.2 Å². The molecule has 3 aromatic rings. The maximum Gasteiger partial charge on any atom is 0.295 e. The Morgan fingerprint density at radius 2 is 2.10 bits per heavy atom. The topological polar surface area (TPSA) is 81.1 Å². The molecule has 0 saturated heterocycles. The standard InChI is InChI=1S/C20H19Cl2N5O2/c1-27-15-5-4-11(24-18-13(21)9-23-20(22)26-18)8-12(15)16-17(19(27)28)29-7-6-14(25-16)10-2-3-10/h4-5,8-10,14,25H,2-3,6-7H2,1H3,(H,23,24,26)/t14-/m1/s1. The summed E-state index contributed by atoms with van der Waals surface area (Å²) in [6.45, 7) is 0.537. The summed E-state index contributed by atoms with van der Waals surface area (Å²) in [5.74, 6) is 1.44. The quantitative estimate of drug-likeness (QED) is 0.599. The average Bonchev–Trinajstić information content (AvgIpc) is 3.55. The molecule has 3 heterocycles. The minimum absolute atomic E-state index is 0.108. The van der Waals surface area contributed by atoms with Gasteiger partial charge in [0.05, 0.1) is 24.0 Å². The fourth-order valence-corrected chi connectivity index (χ4v) is 4.11. The molecule has 0 spiro atoms. The first-order valence-electron chi connectivity index (χ1n) is 9.52. The SMILES string of the molecule is Cn1c(=O)c2c(c3cc(Nc4nc(Cl)ncc4Cl)ccc31)N[C@@H](C1CC1)CCO2. The first-order valence-corrected chi connectivity index (χ1v) is 10.3. The van der Waals surface area contributed by atoms with E-state index in [-0.39, 0.29) is 10.8 Å². The number of hydrogen-bond donors (Lipinski definition) is 2. The van der Waals surface area contributed by atoms with E-state index in [1.165, 1.54) is 19.0 Å². The van der Waals surface area contributed by atoms with Gasteiger partial charge in [-0.3, -0.25) is 4.79 Å². The highest BCUT2D eigenvalue weighted by Crippen LogP contribution is 2.41. The number of fused-ring (bicyclic) bond motifs is 3. The Morgan fingerprint density at radius 3 is 2.90 bits per heavy atom.